The highest BCUT2D eigenvalue weighted by atomic mass is 16.2. The molecule has 3 heterocycles. The molecule has 22 heavy (non-hydrogen) atoms. The SMILES string of the molecule is CCCCNc1ccc2ncc(C(=O)Nc3cc[nH]n3)n2n1. The second-order valence-electron chi connectivity index (χ2n) is 4.83. The van der Waals surface area contributed by atoms with Gasteiger partial charge >= 0.3 is 0 Å². The third kappa shape index (κ3) is 2.90. The summed E-state index contributed by atoms with van der Waals surface area (Å²) in [5, 5.41) is 16.9. The van der Waals surface area contributed by atoms with Crippen molar-refractivity contribution >= 4 is 23.2 Å². The Morgan fingerprint density at radius 1 is 1.32 bits per heavy atom. The standard InChI is InChI=1S/C14H17N7O/c1-2-3-7-15-11-4-5-13-16-9-10(21(13)20-11)14(22)18-12-6-8-17-19-12/h4-6,8-9H,2-3,7H2,1H3,(H,15,20)(H2,17,18,19,22). The fourth-order valence-corrected chi connectivity index (χ4v) is 2.03. The quantitative estimate of drug-likeness (QED) is 0.604. The van der Waals surface area contributed by atoms with Gasteiger partial charge < -0.3 is 10.6 Å². The molecule has 0 saturated heterocycles. The first-order valence-electron chi connectivity index (χ1n) is 7.17. The molecule has 1 amide bonds. The van der Waals surface area contributed by atoms with Crippen molar-refractivity contribution in [2.75, 3.05) is 17.2 Å². The monoisotopic (exact) mass is 299 g/mol. The topological polar surface area (TPSA) is 100 Å². The minimum absolute atomic E-state index is 0.308. The van der Waals surface area contributed by atoms with Crippen molar-refractivity contribution in [2.24, 2.45) is 0 Å². The molecule has 0 aliphatic rings. The smallest absolute Gasteiger partial charge is 0.277 e. The minimum atomic E-state index is -0.308. The van der Waals surface area contributed by atoms with Gasteiger partial charge in [-0.2, -0.15) is 5.10 Å². The number of aromatic nitrogens is 5. The maximum atomic E-state index is 12.3. The molecule has 0 aliphatic carbocycles. The zero-order valence-corrected chi connectivity index (χ0v) is 12.2. The van der Waals surface area contributed by atoms with Crippen LogP contribution < -0.4 is 10.6 Å². The van der Waals surface area contributed by atoms with Crippen LogP contribution in [-0.4, -0.2) is 37.2 Å². The first-order chi connectivity index (χ1) is 10.8. The zero-order valence-electron chi connectivity index (χ0n) is 12.2. The lowest BCUT2D eigenvalue weighted by molar-refractivity contribution is 0.102. The van der Waals surface area contributed by atoms with E-state index in [0.717, 1.165) is 19.4 Å². The number of nitrogens with zero attached hydrogens (tertiary/aromatic N) is 4. The Kier molecular flexibility index (Phi) is 3.99. The third-order valence-electron chi connectivity index (χ3n) is 3.17. The molecule has 3 rings (SSSR count). The van der Waals surface area contributed by atoms with Crippen molar-refractivity contribution < 1.29 is 4.79 Å². The second-order valence-corrected chi connectivity index (χ2v) is 4.83. The molecule has 8 heteroatoms. The number of fused-ring (bicyclic) bond motifs is 1. The molecule has 0 aliphatic heterocycles. The van der Waals surface area contributed by atoms with Crippen LogP contribution in [0.25, 0.3) is 5.65 Å². The number of imidazole rings is 1. The molecular weight excluding hydrogens is 282 g/mol. The number of carbonyl (C=O) groups excluding carboxylic acids is 1. The predicted molar refractivity (Wildman–Crippen MR) is 82.9 cm³/mol. The van der Waals surface area contributed by atoms with E-state index in [9.17, 15) is 4.79 Å². The van der Waals surface area contributed by atoms with Crippen LogP contribution in [0.2, 0.25) is 0 Å². The number of H-pyrrole nitrogens is 1. The van der Waals surface area contributed by atoms with E-state index in [0.29, 0.717) is 23.0 Å². The fraction of sp³-hybridized carbons (Fsp3) is 0.286. The van der Waals surface area contributed by atoms with Crippen LogP contribution in [0.5, 0.6) is 0 Å². The van der Waals surface area contributed by atoms with Gasteiger partial charge in [0, 0.05) is 18.8 Å². The molecule has 0 atom stereocenters. The number of amides is 1. The van der Waals surface area contributed by atoms with Crippen LogP contribution in [0.3, 0.4) is 0 Å². The Bertz CT molecular complexity index is 763. The number of nitrogens with one attached hydrogen (secondary N) is 3. The first-order valence-corrected chi connectivity index (χ1v) is 7.17. The van der Waals surface area contributed by atoms with Gasteiger partial charge in [-0.3, -0.25) is 9.89 Å². The average Bonchev–Trinajstić information content (AvgIpc) is 3.16. The van der Waals surface area contributed by atoms with Gasteiger partial charge in [-0.05, 0) is 18.6 Å². The number of anilines is 2. The van der Waals surface area contributed by atoms with Crippen LogP contribution in [0.15, 0.2) is 30.6 Å². The van der Waals surface area contributed by atoms with Crippen molar-refractivity contribution in [3.63, 3.8) is 0 Å². The Balaban J connectivity index is 1.82. The fourth-order valence-electron chi connectivity index (χ4n) is 2.03. The number of carbonyl (C=O) groups is 1. The van der Waals surface area contributed by atoms with E-state index in [1.165, 1.54) is 10.7 Å². The van der Waals surface area contributed by atoms with Crippen LogP contribution >= 0.6 is 0 Å². The second kappa shape index (κ2) is 6.25. The number of rotatable bonds is 6. The van der Waals surface area contributed by atoms with Crippen molar-refractivity contribution in [1.82, 2.24) is 24.8 Å². The lowest BCUT2D eigenvalue weighted by Crippen LogP contribution is -2.16. The van der Waals surface area contributed by atoms with E-state index in [-0.39, 0.29) is 5.91 Å². The lowest BCUT2D eigenvalue weighted by Gasteiger charge is -2.06. The van der Waals surface area contributed by atoms with Gasteiger partial charge in [0.1, 0.15) is 5.82 Å². The van der Waals surface area contributed by atoms with Crippen LogP contribution in [-0.2, 0) is 0 Å². The van der Waals surface area contributed by atoms with Gasteiger partial charge in [0.05, 0.1) is 6.20 Å². The average molecular weight is 299 g/mol. The molecular formula is C14H17N7O. The largest absolute Gasteiger partial charge is 0.369 e. The summed E-state index contributed by atoms with van der Waals surface area (Å²) in [5.74, 6) is 0.864. The summed E-state index contributed by atoms with van der Waals surface area (Å²) in [6.07, 6.45) is 5.31. The lowest BCUT2D eigenvalue weighted by atomic mass is 10.3. The van der Waals surface area contributed by atoms with E-state index in [4.69, 9.17) is 0 Å². The normalized spacial score (nSPS) is 10.8. The highest BCUT2D eigenvalue weighted by Crippen LogP contribution is 2.11. The molecule has 0 aromatic carbocycles. The molecule has 0 unspecified atom stereocenters. The molecule has 3 N–H and O–H groups in total. The maximum absolute atomic E-state index is 12.3. The number of hydrogen-bond acceptors (Lipinski definition) is 5. The number of hydrogen-bond donors (Lipinski definition) is 3. The van der Waals surface area contributed by atoms with Gasteiger partial charge in [0.15, 0.2) is 17.2 Å². The Labute approximate surface area is 126 Å². The van der Waals surface area contributed by atoms with Crippen molar-refractivity contribution in [1.29, 1.82) is 0 Å². The Morgan fingerprint density at radius 3 is 3.00 bits per heavy atom. The summed E-state index contributed by atoms with van der Waals surface area (Å²) in [7, 11) is 0. The number of unbranched alkanes of at least 4 members (excludes halogenated alkanes) is 1. The highest BCUT2D eigenvalue weighted by molar-refractivity contribution is 6.02. The zero-order chi connectivity index (χ0) is 15.4. The van der Waals surface area contributed by atoms with Crippen molar-refractivity contribution in [2.45, 2.75) is 19.8 Å². The van der Waals surface area contributed by atoms with Crippen molar-refractivity contribution in [3.8, 4) is 0 Å². The van der Waals surface area contributed by atoms with E-state index in [1.54, 1.807) is 12.3 Å². The molecule has 0 bridgehead atoms. The molecule has 0 spiro atoms. The van der Waals surface area contributed by atoms with Crippen LogP contribution in [0, 0.1) is 0 Å². The summed E-state index contributed by atoms with van der Waals surface area (Å²) in [6, 6.07) is 5.35. The van der Waals surface area contributed by atoms with Gasteiger partial charge in [0.2, 0.25) is 0 Å². The summed E-state index contributed by atoms with van der Waals surface area (Å²) in [4.78, 5) is 16.5. The highest BCUT2D eigenvalue weighted by Gasteiger charge is 2.14. The van der Waals surface area contributed by atoms with Gasteiger partial charge in [0.25, 0.3) is 5.91 Å². The molecule has 114 valence electrons. The van der Waals surface area contributed by atoms with E-state index in [1.807, 2.05) is 12.1 Å². The summed E-state index contributed by atoms with van der Waals surface area (Å²) >= 11 is 0. The van der Waals surface area contributed by atoms with Crippen LogP contribution in [0.4, 0.5) is 11.6 Å². The molecule has 0 radical (unpaired) electrons. The summed E-state index contributed by atoms with van der Waals surface area (Å²) in [6.45, 7) is 2.98. The van der Waals surface area contributed by atoms with Gasteiger partial charge in [-0.25, -0.2) is 9.50 Å². The Hall–Kier alpha value is -2.90. The molecule has 8 nitrogen and oxygen atoms in total. The molecule has 0 fully saturated rings. The van der Waals surface area contributed by atoms with E-state index >= 15 is 0 Å². The van der Waals surface area contributed by atoms with E-state index < -0.39 is 0 Å². The minimum Gasteiger partial charge on any atom is -0.369 e. The van der Waals surface area contributed by atoms with Crippen LogP contribution in [0.1, 0.15) is 30.3 Å². The summed E-state index contributed by atoms with van der Waals surface area (Å²) in [5.41, 5.74) is 0.977. The molecule has 3 aromatic rings. The van der Waals surface area contributed by atoms with Gasteiger partial charge in [-0.15, -0.1) is 5.10 Å². The number of aromatic amines is 1. The summed E-state index contributed by atoms with van der Waals surface area (Å²) < 4.78 is 1.52. The third-order valence-corrected chi connectivity index (χ3v) is 3.17. The predicted octanol–water partition coefficient (Wildman–Crippen LogP) is 1.92. The Morgan fingerprint density at radius 2 is 2.23 bits per heavy atom. The van der Waals surface area contributed by atoms with E-state index in [2.05, 4.69) is 37.8 Å². The van der Waals surface area contributed by atoms with Gasteiger partial charge in [-0.1, -0.05) is 13.3 Å². The first kappa shape index (κ1) is 14.1. The molecule has 3 aromatic heterocycles. The maximum Gasteiger partial charge on any atom is 0.277 e. The van der Waals surface area contributed by atoms with Crippen molar-refractivity contribution in [3.05, 3.63) is 36.3 Å². The molecule has 0 saturated carbocycles.